The summed E-state index contributed by atoms with van der Waals surface area (Å²) in [6.45, 7) is 4.73. The zero-order valence-corrected chi connectivity index (χ0v) is 13.1. The molecule has 20 heavy (non-hydrogen) atoms. The minimum atomic E-state index is -3.67. The maximum atomic E-state index is 11.8. The quantitative estimate of drug-likeness (QED) is 0.848. The maximum Gasteiger partial charge on any atom is 0.261 e. The van der Waals surface area contributed by atoms with E-state index in [1.54, 1.807) is 12.1 Å². The van der Waals surface area contributed by atoms with Gasteiger partial charge in [-0.15, -0.1) is 0 Å². The van der Waals surface area contributed by atoms with Gasteiger partial charge in [-0.2, -0.15) is 0 Å². The Balaban J connectivity index is 1.82. The Morgan fingerprint density at radius 1 is 1.35 bits per heavy atom. The fraction of sp³-hybridized carbons (Fsp3) is 0.500. The van der Waals surface area contributed by atoms with Gasteiger partial charge in [-0.05, 0) is 36.0 Å². The first-order chi connectivity index (χ1) is 9.20. The van der Waals surface area contributed by atoms with Gasteiger partial charge in [0.25, 0.3) is 9.05 Å². The molecule has 4 nitrogen and oxygen atoms in total. The molecule has 1 unspecified atom stereocenters. The summed E-state index contributed by atoms with van der Waals surface area (Å²) in [4.78, 5) is 11.9. The van der Waals surface area contributed by atoms with Gasteiger partial charge >= 0.3 is 0 Å². The molecule has 2 rings (SSSR count). The Morgan fingerprint density at radius 2 is 1.90 bits per heavy atom. The number of rotatable bonds is 5. The van der Waals surface area contributed by atoms with E-state index in [-0.39, 0.29) is 22.1 Å². The zero-order chi connectivity index (χ0) is 15.0. The van der Waals surface area contributed by atoms with E-state index in [2.05, 4.69) is 19.2 Å². The van der Waals surface area contributed by atoms with Gasteiger partial charge in [-0.1, -0.05) is 26.0 Å². The summed E-state index contributed by atoms with van der Waals surface area (Å²) < 4.78 is 22.2. The number of carbonyl (C=O) groups excluding carboxylic acids is 1. The molecule has 1 aliphatic rings. The SMILES string of the molecule is CC1(C)CC1C(=O)NCCc1ccc(S(=O)(=O)Cl)cc1. The molecular weight excluding hydrogens is 298 g/mol. The fourth-order valence-corrected chi connectivity index (χ4v) is 2.96. The lowest BCUT2D eigenvalue weighted by molar-refractivity contribution is -0.122. The van der Waals surface area contributed by atoms with Crippen molar-refractivity contribution < 1.29 is 13.2 Å². The second kappa shape index (κ2) is 5.37. The molecule has 0 saturated heterocycles. The average molecular weight is 316 g/mol. The van der Waals surface area contributed by atoms with Crippen molar-refractivity contribution in [3.63, 3.8) is 0 Å². The molecule has 1 aromatic rings. The number of hydrogen-bond acceptors (Lipinski definition) is 3. The molecule has 0 spiro atoms. The van der Waals surface area contributed by atoms with Crippen LogP contribution in [0.2, 0.25) is 0 Å². The Bertz CT molecular complexity index is 608. The summed E-state index contributed by atoms with van der Waals surface area (Å²) in [5.74, 6) is 0.237. The van der Waals surface area contributed by atoms with Crippen LogP contribution in [0.25, 0.3) is 0 Å². The summed E-state index contributed by atoms with van der Waals surface area (Å²) in [7, 11) is 1.57. The molecule has 0 aromatic heterocycles. The van der Waals surface area contributed by atoms with Crippen LogP contribution < -0.4 is 5.32 Å². The van der Waals surface area contributed by atoms with E-state index in [0.717, 1.165) is 12.0 Å². The van der Waals surface area contributed by atoms with E-state index in [1.165, 1.54) is 12.1 Å². The van der Waals surface area contributed by atoms with Crippen molar-refractivity contribution in [1.29, 1.82) is 0 Å². The Hall–Kier alpha value is -1.07. The molecule has 1 aliphatic carbocycles. The monoisotopic (exact) mass is 315 g/mol. The number of hydrogen-bond donors (Lipinski definition) is 1. The standard InChI is InChI=1S/C14H18ClNO3S/c1-14(2)9-12(14)13(17)16-8-7-10-3-5-11(6-4-10)20(15,18)19/h3-6,12H,7-9H2,1-2H3,(H,16,17). The number of nitrogens with one attached hydrogen (secondary N) is 1. The molecule has 0 bridgehead atoms. The van der Waals surface area contributed by atoms with E-state index >= 15 is 0 Å². The van der Waals surface area contributed by atoms with E-state index in [1.807, 2.05) is 0 Å². The molecular formula is C14H18ClNO3S. The summed E-state index contributed by atoms with van der Waals surface area (Å²) in [5, 5.41) is 2.91. The fourth-order valence-electron chi connectivity index (χ4n) is 2.19. The summed E-state index contributed by atoms with van der Waals surface area (Å²) in [6.07, 6.45) is 1.61. The molecule has 1 fully saturated rings. The molecule has 1 N–H and O–H groups in total. The summed E-state index contributed by atoms with van der Waals surface area (Å²) >= 11 is 0. The van der Waals surface area contributed by atoms with Crippen molar-refractivity contribution in [2.75, 3.05) is 6.54 Å². The highest BCUT2D eigenvalue weighted by atomic mass is 35.7. The zero-order valence-electron chi connectivity index (χ0n) is 11.5. The largest absolute Gasteiger partial charge is 0.356 e. The van der Waals surface area contributed by atoms with E-state index in [4.69, 9.17) is 10.7 Å². The Labute approximate surface area is 123 Å². The Kier molecular flexibility index (Phi) is 4.12. The van der Waals surface area contributed by atoms with E-state index in [9.17, 15) is 13.2 Å². The molecule has 0 aliphatic heterocycles. The first kappa shape index (κ1) is 15.3. The molecule has 0 radical (unpaired) electrons. The van der Waals surface area contributed by atoms with Gasteiger partial charge in [-0.25, -0.2) is 8.42 Å². The first-order valence-corrected chi connectivity index (χ1v) is 8.82. The van der Waals surface area contributed by atoms with E-state index < -0.39 is 9.05 Å². The number of benzene rings is 1. The van der Waals surface area contributed by atoms with Gasteiger partial charge in [0.2, 0.25) is 5.91 Å². The minimum Gasteiger partial charge on any atom is -0.356 e. The van der Waals surface area contributed by atoms with Gasteiger partial charge in [0.05, 0.1) is 4.90 Å². The third-order valence-electron chi connectivity index (χ3n) is 3.75. The summed E-state index contributed by atoms with van der Waals surface area (Å²) in [6, 6.07) is 6.37. The average Bonchev–Trinajstić information content (AvgIpc) is 2.98. The normalized spacial score (nSPS) is 20.4. The van der Waals surface area contributed by atoms with Crippen LogP contribution in [0.1, 0.15) is 25.8 Å². The van der Waals surface area contributed by atoms with Crippen LogP contribution in [0.15, 0.2) is 29.2 Å². The third kappa shape index (κ3) is 3.73. The van der Waals surface area contributed by atoms with Crippen LogP contribution in [0.5, 0.6) is 0 Å². The molecule has 6 heteroatoms. The Morgan fingerprint density at radius 3 is 2.35 bits per heavy atom. The van der Waals surface area contributed by atoms with Gasteiger partial charge in [-0.3, -0.25) is 4.79 Å². The van der Waals surface area contributed by atoms with Crippen LogP contribution in [0.4, 0.5) is 0 Å². The number of carbonyl (C=O) groups is 1. The highest BCUT2D eigenvalue weighted by Gasteiger charge is 2.50. The van der Waals surface area contributed by atoms with Crippen molar-refractivity contribution in [1.82, 2.24) is 5.32 Å². The lowest BCUT2D eigenvalue weighted by atomic mass is 10.1. The highest BCUT2D eigenvalue weighted by Crippen LogP contribution is 2.51. The summed E-state index contributed by atoms with van der Waals surface area (Å²) in [5.41, 5.74) is 1.10. The smallest absolute Gasteiger partial charge is 0.261 e. The van der Waals surface area contributed by atoms with Crippen LogP contribution in [0.3, 0.4) is 0 Å². The van der Waals surface area contributed by atoms with Crippen molar-refractivity contribution in [3.05, 3.63) is 29.8 Å². The topological polar surface area (TPSA) is 63.2 Å². The van der Waals surface area contributed by atoms with Crippen molar-refractivity contribution in [2.24, 2.45) is 11.3 Å². The minimum absolute atomic E-state index is 0.0895. The van der Waals surface area contributed by atoms with Crippen LogP contribution >= 0.6 is 10.7 Å². The number of amides is 1. The highest BCUT2D eigenvalue weighted by molar-refractivity contribution is 8.13. The van der Waals surface area contributed by atoms with Crippen LogP contribution in [-0.4, -0.2) is 20.9 Å². The van der Waals surface area contributed by atoms with Crippen molar-refractivity contribution >= 4 is 25.6 Å². The lowest BCUT2D eigenvalue weighted by Crippen LogP contribution is -2.28. The van der Waals surface area contributed by atoms with Crippen LogP contribution in [0, 0.1) is 11.3 Å². The van der Waals surface area contributed by atoms with E-state index in [0.29, 0.717) is 13.0 Å². The second-order valence-electron chi connectivity index (χ2n) is 5.87. The molecule has 1 amide bonds. The van der Waals surface area contributed by atoms with Crippen molar-refractivity contribution in [3.8, 4) is 0 Å². The lowest BCUT2D eigenvalue weighted by Gasteiger charge is -2.07. The second-order valence-corrected chi connectivity index (χ2v) is 8.43. The van der Waals surface area contributed by atoms with Crippen LogP contribution in [-0.2, 0) is 20.3 Å². The van der Waals surface area contributed by atoms with Gasteiger partial charge in [0.1, 0.15) is 0 Å². The predicted molar refractivity (Wildman–Crippen MR) is 78.1 cm³/mol. The molecule has 0 heterocycles. The van der Waals surface area contributed by atoms with Gasteiger partial charge < -0.3 is 5.32 Å². The third-order valence-corrected chi connectivity index (χ3v) is 5.12. The molecule has 1 aromatic carbocycles. The van der Waals surface area contributed by atoms with Gasteiger partial charge in [0, 0.05) is 23.1 Å². The molecule has 110 valence electrons. The van der Waals surface area contributed by atoms with Crippen molar-refractivity contribution in [2.45, 2.75) is 31.6 Å². The van der Waals surface area contributed by atoms with Gasteiger partial charge in [0.15, 0.2) is 0 Å². The first-order valence-electron chi connectivity index (χ1n) is 6.51. The predicted octanol–water partition coefficient (Wildman–Crippen LogP) is 2.32. The maximum absolute atomic E-state index is 11.8. The molecule has 1 saturated carbocycles. The number of halogens is 1. The molecule has 1 atom stereocenters.